The second-order valence-corrected chi connectivity index (χ2v) is 9.57. The van der Waals surface area contributed by atoms with Crippen LogP contribution in [0.15, 0.2) is 77.5 Å². The lowest BCUT2D eigenvalue weighted by molar-refractivity contribution is 0.400. The van der Waals surface area contributed by atoms with Gasteiger partial charge in [0.1, 0.15) is 22.2 Å². The molecule has 190 valence electrons. The zero-order chi connectivity index (χ0) is 26.7. The minimum atomic E-state index is -4.41. The van der Waals surface area contributed by atoms with Crippen molar-refractivity contribution in [2.45, 2.75) is 4.90 Å². The highest BCUT2D eigenvalue weighted by Gasteiger charge is 2.22. The number of allylic oxidation sites excluding steroid dienone is 1. The van der Waals surface area contributed by atoms with Crippen molar-refractivity contribution in [1.29, 1.82) is 0 Å². The summed E-state index contributed by atoms with van der Waals surface area (Å²) in [5, 5.41) is 4.10. The Hall–Kier alpha value is -4.58. The van der Waals surface area contributed by atoms with Crippen molar-refractivity contribution in [1.82, 2.24) is 14.8 Å². The Bertz CT molecular complexity index is 1630. The number of anilines is 2. The Morgan fingerprint density at radius 1 is 1.16 bits per heavy atom. The van der Waals surface area contributed by atoms with E-state index < -0.39 is 26.6 Å². The Balaban J connectivity index is 1.61. The Morgan fingerprint density at radius 2 is 1.95 bits per heavy atom. The summed E-state index contributed by atoms with van der Waals surface area (Å²) in [6.45, 7) is 3.97. The summed E-state index contributed by atoms with van der Waals surface area (Å²) < 4.78 is 62.0. The maximum atomic E-state index is 14.1. The molecule has 0 aliphatic heterocycles. The van der Waals surface area contributed by atoms with Crippen LogP contribution in [0.1, 0.15) is 5.56 Å². The molecule has 9 nitrogen and oxygen atoms in total. The van der Waals surface area contributed by atoms with E-state index in [1.54, 1.807) is 42.3 Å². The van der Waals surface area contributed by atoms with Crippen LogP contribution in [0.5, 0.6) is 5.88 Å². The lowest BCUT2D eigenvalue weighted by atomic mass is 10.1. The molecule has 0 atom stereocenters. The van der Waals surface area contributed by atoms with Gasteiger partial charge in [-0.2, -0.15) is 5.10 Å². The number of aliphatic imine (C=N–C) groups is 1. The van der Waals surface area contributed by atoms with E-state index in [0.29, 0.717) is 34.1 Å². The number of hydrogen-bond donors (Lipinski definition) is 2. The minimum Gasteiger partial charge on any atom is -0.480 e. The van der Waals surface area contributed by atoms with Gasteiger partial charge in [-0.1, -0.05) is 12.6 Å². The third-order valence-electron chi connectivity index (χ3n) is 5.27. The summed E-state index contributed by atoms with van der Waals surface area (Å²) in [4.78, 5) is 7.81. The largest absolute Gasteiger partial charge is 0.480 e. The number of rotatable bonds is 8. The zero-order valence-corrected chi connectivity index (χ0v) is 20.6. The molecule has 4 aromatic rings. The topological polar surface area (TPSA) is 124 Å². The van der Waals surface area contributed by atoms with Crippen LogP contribution in [0.4, 0.5) is 25.8 Å². The quantitative estimate of drug-likeness (QED) is 0.257. The molecule has 0 fully saturated rings. The predicted octanol–water partition coefficient (Wildman–Crippen LogP) is 4.57. The molecule has 0 radical (unpaired) electrons. The van der Waals surface area contributed by atoms with E-state index in [1.165, 1.54) is 19.4 Å². The van der Waals surface area contributed by atoms with Crippen molar-refractivity contribution in [3.63, 3.8) is 0 Å². The SMILES string of the molecule is C=C(C=Nc1ccc(-c2cnc(OC)c(NS(=O)(=O)c3ccc(F)cc3F)c2)cc1N)c1cnn(C)c1. The van der Waals surface area contributed by atoms with Crippen LogP contribution in [0, 0.1) is 11.6 Å². The fourth-order valence-electron chi connectivity index (χ4n) is 3.40. The molecule has 12 heteroatoms. The van der Waals surface area contributed by atoms with E-state index in [4.69, 9.17) is 10.5 Å². The summed E-state index contributed by atoms with van der Waals surface area (Å²) >= 11 is 0. The number of nitrogens with zero attached hydrogens (tertiary/aromatic N) is 4. The molecule has 4 rings (SSSR count). The summed E-state index contributed by atoms with van der Waals surface area (Å²) in [6.07, 6.45) is 6.54. The van der Waals surface area contributed by atoms with E-state index in [1.807, 2.05) is 6.20 Å². The number of sulfonamides is 1. The second-order valence-electron chi connectivity index (χ2n) is 7.92. The van der Waals surface area contributed by atoms with E-state index in [2.05, 4.69) is 26.4 Å². The van der Waals surface area contributed by atoms with Crippen LogP contribution < -0.4 is 15.2 Å². The first-order valence-electron chi connectivity index (χ1n) is 10.7. The molecule has 0 spiro atoms. The number of methoxy groups -OCH3 is 1. The highest BCUT2D eigenvalue weighted by Crippen LogP contribution is 2.33. The Labute approximate surface area is 212 Å². The fraction of sp³-hybridized carbons (Fsp3) is 0.0800. The molecule has 0 saturated heterocycles. The van der Waals surface area contributed by atoms with Crippen LogP contribution in [0.3, 0.4) is 0 Å². The van der Waals surface area contributed by atoms with Gasteiger partial charge in [0, 0.05) is 42.8 Å². The molecular formula is C25H22F2N6O3S. The molecule has 2 aromatic carbocycles. The summed E-state index contributed by atoms with van der Waals surface area (Å²) in [6, 6.07) is 8.71. The molecule has 0 aliphatic rings. The Morgan fingerprint density at radius 3 is 2.59 bits per heavy atom. The Kier molecular flexibility index (Phi) is 7.02. The maximum Gasteiger partial charge on any atom is 0.264 e. The summed E-state index contributed by atoms with van der Waals surface area (Å²) in [7, 11) is -1.30. The van der Waals surface area contributed by atoms with Gasteiger partial charge < -0.3 is 10.5 Å². The number of nitrogens with one attached hydrogen (secondary N) is 1. The first-order valence-corrected chi connectivity index (χ1v) is 12.2. The van der Waals surface area contributed by atoms with Crippen LogP contribution >= 0.6 is 0 Å². The first-order chi connectivity index (χ1) is 17.6. The van der Waals surface area contributed by atoms with Crippen LogP contribution in [0.25, 0.3) is 16.7 Å². The molecule has 0 bridgehead atoms. The molecule has 0 amide bonds. The number of aryl methyl sites for hydroxylation is 1. The second kappa shape index (κ2) is 10.2. The zero-order valence-electron chi connectivity index (χ0n) is 19.8. The highest BCUT2D eigenvalue weighted by atomic mass is 32.2. The lowest BCUT2D eigenvalue weighted by Crippen LogP contribution is -2.15. The molecule has 0 unspecified atom stereocenters. The van der Waals surface area contributed by atoms with Gasteiger partial charge in [0.05, 0.1) is 24.7 Å². The molecule has 0 aliphatic carbocycles. The van der Waals surface area contributed by atoms with Gasteiger partial charge in [-0.15, -0.1) is 0 Å². The molecule has 2 aromatic heterocycles. The molecule has 2 heterocycles. The van der Waals surface area contributed by atoms with Gasteiger partial charge >= 0.3 is 0 Å². The lowest BCUT2D eigenvalue weighted by Gasteiger charge is -2.13. The predicted molar refractivity (Wildman–Crippen MR) is 138 cm³/mol. The van der Waals surface area contributed by atoms with Crippen molar-refractivity contribution in [3.8, 4) is 17.0 Å². The third-order valence-corrected chi connectivity index (χ3v) is 6.67. The normalized spacial score (nSPS) is 11.6. The van der Waals surface area contributed by atoms with E-state index in [-0.39, 0.29) is 11.6 Å². The van der Waals surface area contributed by atoms with Crippen LogP contribution in [-0.4, -0.2) is 36.5 Å². The number of ether oxygens (including phenoxy) is 1. The number of pyridine rings is 1. The number of nitrogens with two attached hydrogens (primary N) is 1. The molecule has 37 heavy (non-hydrogen) atoms. The van der Waals surface area contributed by atoms with E-state index >= 15 is 0 Å². The standard InChI is InChI=1S/C25H22F2N6O3S/c1-15(18-13-31-33(2)14-18)11-29-22-6-4-16(8-21(22)28)17-9-23(25(36-3)30-12-17)32-37(34,35)24-7-5-19(26)10-20(24)27/h4-14,32H,1,28H2,2-3H3. The average Bonchev–Trinajstić information content (AvgIpc) is 3.29. The van der Waals surface area contributed by atoms with Crippen molar-refractivity contribution >= 4 is 38.9 Å². The van der Waals surface area contributed by atoms with Crippen molar-refractivity contribution < 1.29 is 21.9 Å². The number of hydrogen-bond acceptors (Lipinski definition) is 7. The number of nitrogen functional groups attached to an aromatic ring is 1. The fourth-order valence-corrected chi connectivity index (χ4v) is 4.51. The average molecular weight is 525 g/mol. The van der Waals surface area contributed by atoms with Gasteiger partial charge in [-0.3, -0.25) is 14.4 Å². The van der Waals surface area contributed by atoms with Gasteiger partial charge in [-0.05, 0) is 41.5 Å². The van der Waals surface area contributed by atoms with Crippen LogP contribution in [-0.2, 0) is 17.1 Å². The third kappa shape index (κ3) is 5.64. The maximum absolute atomic E-state index is 14.1. The van der Waals surface area contributed by atoms with Crippen molar-refractivity contribution in [2.75, 3.05) is 17.6 Å². The number of aromatic nitrogens is 3. The van der Waals surface area contributed by atoms with Crippen LogP contribution in [0.2, 0.25) is 0 Å². The molecular weight excluding hydrogens is 502 g/mol. The van der Waals surface area contributed by atoms with Crippen molar-refractivity contribution in [3.05, 3.63) is 84.8 Å². The summed E-state index contributed by atoms with van der Waals surface area (Å²) in [5.41, 5.74) is 9.61. The smallest absolute Gasteiger partial charge is 0.264 e. The van der Waals surface area contributed by atoms with Gasteiger partial charge in [0.15, 0.2) is 0 Å². The molecule has 0 saturated carbocycles. The minimum absolute atomic E-state index is 0.0436. The number of halogens is 2. The van der Waals surface area contributed by atoms with Gasteiger partial charge in [-0.25, -0.2) is 22.2 Å². The van der Waals surface area contributed by atoms with Gasteiger partial charge in [0.25, 0.3) is 10.0 Å². The van der Waals surface area contributed by atoms with E-state index in [0.717, 1.165) is 17.7 Å². The summed E-state index contributed by atoms with van der Waals surface area (Å²) in [5.74, 6) is -2.17. The van der Waals surface area contributed by atoms with Gasteiger partial charge in [0.2, 0.25) is 5.88 Å². The number of benzene rings is 2. The first kappa shape index (κ1) is 25.5. The monoisotopic (exact) mass is 524 g/mol. The molecule has 3 N–H and O–H groups in total. The van der Waals surface area contributed by atoms with Crippen molar-refractivity contribution in [2.24, 2.45) is 12.0 Å². The highest BCUT2D eigenvalue weighted by molar-refractivity contribution is 7.92. The van der Waals surface area contributed by atoms with E-state index in [9.17, 15) is 17.2 Å².